The first-order chi connectivity index (χ1) is 11.3. The van der Waals surface area contributed by atoms with E-state index < -0.39 is 8.32 Å². The van der Waals surface area contributed by atoms with Crippen LogP contribution in [0, 0.1) is 0 Å². The molecule has 0 atom stereocenters. The van der Waals surface area contributed by atoms with Gasteiger partial charge in [0.1, 0.15) is 0 Å². The van der Waals surface area contributed by atoms with Crippen LogP contribution >= 0.6 is 0 Å². The fourth-order valence-electron chi connectivity index (χ4n) is 5.18. The Morgan fingerprint density at radius 1 is 1.00 bits per heavy atom. The lowest BCUT2D eigenvalue weighted by atomic mass is 9.91. The summed E-state index contributed by atoms with van der Waals surface area (Å²) in [6, 6.07) is 0.438. The van der Waals surface area contributed by atoms with Crippen LogP contribution in [-0.2, 0) is 9.22 Å². The second-order valence-corrected chi connectivity index (χ2v) is 14.0. The SMILES string of the molecule is CC(C)[Si](O[C@H]1CC[C@@H](N2CCNCC2=O)CC1)(C(C)C)C(C)C. The van der Waals surface area contributed by atoms with E-state index in [-0.39, 0.29) is 5.91 Å². The molecule has 0 radical (unpaired) electrons. The molecule has 140 valence electrons. The van der Waals surface area contributed by atoms with Crippen molar-refractivity contribution in [3.63, 3.8) is 0 Å². The molecule has 0 aromatic heterocycles. The molecule has 5 heteroatoms. The number of nitrogens with zero attached hydrogens (tertiary/aromatic N) is 1. The maximum Gasteiger partial charge on any atom is 0.236 e. The lowest BCUT2D eigenvalue weighted by Crippen LogP contribution is -2.54. The number of rotatable bonds is 6. The Balaban J connectivity index is 1.97. The number of piperazine rings is 1. The van der Waals surface area contributed by atoms with Crippen molar-refractivity contribution in [1.82, 2.24) is 10.2 Å². The molecule has 0 aromatic rings. The van der Waals surface area contributed by atoms with Crippen LogP contribution in [0.5, 0.6) is 0 Å². The Hall–Kier alpha value is -0.393. The Kier molecular flexibility index (Phi) is 6.91. The highest BCUT2D eigenvalue weighted by Crippen LogP contribution is 2.44. The normalized spacial score (nSPS) is 26.7. The molecule has 1 saturated carbocycles. The molecule has 0 aromatic carbocycles. The third-order valence-electron chi connectivity index (χ3n) is 6.29. The van der Waals surface area contributed by atoms with Crippen LogP contribution in [0.2, 0.25) is 16.6 Å². The summed E-state index contributed by atoms with van der Waals surface area (Å²) in [7, 11) is -1.78. The summed E-state index contributed by atoms with van der Waals surface area (Å²) in [5, 5.41) is 3.17. The molecule has 24 heavy (non-hydrogen) atoms. The van der Waals surface area contributed by atoms with Crippen LogP contribution in [0.3, 0.4) is 0 Å². The number of carbonyl (C=O) groups excluding carboxylic acids is 1. The topological polar surface area (TPSA) is 41.6 Å². The highest BCUT2D eigenvalue weighted by molar-refractivity contribution is 6.77. The molecular weight excluding hydrogens is 316 g/mol. The molecule has 1 saturated heterocycles. The van der Waals surface area contributed by atoms with Crippen molar-refractivity contribution in [2.24, 2.45) is 0 Å². The van der Waals surface area contributed by atoms with E-state index in [0.717, 1.165) is 38.8 Å². The Morgan fingerprint density at radius 2 is 1.54 bits per heavy atom. The fourth-order valence-corrected chi connectivity index (χ4v) is 10.8. The summed E-state index contributed by atoms with van der Waals surface area (Å²) in [6.45, 7) is 16.5. The summed E-state index contributed by atoms with van der Waals surface area (Å²) in [4.78, 5) is 14.2. The van der Waals surface area contributed by atoms with Gasteiger partial charge in [0.2, 0.25) is 14.2 Å². The van der Waals surface area contributed by atoms with Gasteiger partial charge >= 0.3 is 0 Å². The van der Waals surface area contributed by atoms with Crippen molar-refractivity contribution in [1.29, 1.82) is 0 Å². The van der Waals surface area contributed by atoms with Gasteiger partial charge in [-0.2, -0.15) is 0 Å². The van der Waals surface area contributed by atoms with Gasteiger partial charge in [-0.15, -0.1) is 0 Å². The van der Waals surface area contributed by atoms with E-state index in [1.54, 1.807) is 0 Å². The first-order valence-electron chi connectivity index (χ1n) is 9.97. The van der Waals surface area contributed by atoms with E-state index in [4.69, 9.17) is 4.43 Å². The number of nitrogens with one attached hydrogen (secondary N) is 1. The van der Waals surface area contributed by atoms with Crippen LogP contribution < -0.4 is 5.32 Å². The third-order valence-corrected chi connectivity index (χ3v) is 12.4. The van der Waals surface area contributed by atoms with Crippen LogP contribution in [-0.4, -0.2) is 50.9 Å². The number of amides is 1. The molecule has 1 amide bonds. The average Bonchev–Trinajstić information content (AvgIpc) is 2.52. The minimum absolute atomic E-state index is 0.279. The highest BCUT2D eigenvalue weighted by Gasteiger charge is 2.47. The Bertz CT molecular complexity index is 396. The van der Waals surface area contributed by atoms with Gasteiger partial charge < -0.3 is 14.6 Å². The smallest absolute Gasteiger partial charge is 0.236 e. The monoisotopic (exact) mass is 354 g/mol. The van der Waals surface area contributed by atoms with Gasteiger partial charge in [-0.3, -0.25) is 4.79 Å². The second kappa shape index (κ2) is 8.32. The van der Waals surface area contributed by atoms with Crippen molar-refractivity contribution in [3.05, 3.63) is 0 Å². The summed E-state index contributed by atoms with van der Waals surface area (Å²) >= 11 is 0. The van der Waals surface area contributed by atoms with E-state index >= 15 is 0 Å². The van der Waals surface area contributed by atoms with Crippen LogP contribution in [0.15, 0.2) is 0 Å². The van der Waals surface area contributed by atoms with E-state index in [2.05, 4.69) is 51.8 Å². The average molecular weight is 355 g/mol. The largest absolute Gasteiger partial charge is 0.413 e. The lowest BCUT2D eigenvalue weighted by molar-refractivity contribution is -0.135. The van der Waals surface area contributed by atoms with Crippen LogP contribution in [0.1, 0.15) is 67.2 Å². The first kappa shape index (κ1) is 19.9. The predicted molar refractivity (Wildman–Crippen MR) is 103 cm³/mol. The molecule has 1 aliphatic carbocycles. The quantitative estimate of drug-likeness (QED) is 0.735. The maximum atomic E-state index is 12.1. The van der Waals surface area contributed by atoms with Crippen molar-refractivity contribution < 1.29 is 9.22 Å². The molecule has 1 aliphatic heterocycles. The van der Waals surface area contributed by atoms with E-state index in [1.807, 2.05) is 0 Å². The van der Waals surface area contributed by atoms with Gasteiger partial charge in [0.15, 0.2) is 0 Å². The minimum Gasteiger partial charge on any atom is -0.413 e. The number of hydrogen-bond donors (Lipinski definition) is 1. The molecule has 2 aliphatic rings. The third kappa shape index (κ3) is 4.05. The molecule has 1 N–H and O–H groups in total. The van der Waals surface area contributed by atoms with E-state index in [9.17, 15) is 4.79 Å². The summed E-state index contributed by atoms with van der Waals surface area (Å²) < 4.78 is 6.95. The van der Waals surface area contributed by atoms with Gasteiger partial charge in [-0.05, 0) is 42.3 Å². The number of carbonyl (C=O) groups is 1. The van der Waals surface area contributed by atoms with Gasteiger partial charge in [0, 0.05) is 25.2 Å². The van der Waals surface area contributed by atoms with Gasteiger partial charge in [-0.25, -0.2) is 0 Å². The summed E-state index contributed by atoms with van der Waals surface area (Å²) in [5.41, 5.74) is 1.93. The van der Waals surface area contributed by atoms with Crippen molar-refractivity contribution in [2.75, 3.05) is 19.6 Å². The van der Waals surface area contributed by atoms with Gasteiger partial charge in [0.25, 0.3) is 0 Å². The zero-order valence-electron chi connectivity index (χ0n) is 16.6. The minimum atomic E-state index is -1.78. The first-order valence-corrected chi connectivity index (χ1v) is 12.1. The van der Waals surface area contributed by atoms with Gasteiger partial charge in [-0.1, -0.05) is 41.5 Å². The zero-order chi connectivity index (χ0) is 17.9. The van der Waals surface area contributed by atoms with Gasteiger partial charge in [0.05, 0.1) is 6.54 Å². The van der Waals surface area contributed by atoms with Crippen molar-refractivity contribution in [3.8, 4) is 0 Å². The lowest BCUT2D eigenvalue weighted by Gasteiger charge is -2.47. The molecular formula is C19H38N2O2Si. The Morgan fingerprint density at radius 3 is 2.00 bits per heavy atom. The molecule has 0 bridgehead atoms. The van der Waals surface area contributed by atoms with Crippen LogP contribution in [0.25, 0.3) is 0 Å². The second-order valence-electron chi connectivity index (χ2n) is 8.63. The Labute approximate surface area is 149 Å². The standard InChI is InChI=1S/C19H38N2O2Si/c1-14(2)24(15(3)4,16(5)6)23-18-9-7-17(8-10-18)21-12-11-20-13-19(21)22/h14-18,20H,7-13H2,1-6H3/t17-,18+. The molecule has 0 spiro atoms. The molecule has 1 heterocycles. The maximum absolute atomic E-state index is 12.1. The number of hydrogen-bond acceptors (Lipinski definition) is 3. The van der Waals surface area contributed by atoms with E-state index in [0.29, 0.717) is 35.3 Å². The summed E-state index contributed by atoms with van der Waals surface area (Å²) in [6.07, 6.45) is 4.84. The zero-order valence-corrected chi connectivity index (χ0v) is 17.6. The van der Waals surface area contributed by atoms with Crippen molar-refractivity contribution >= 4 is 14.2 Å². The fraction of sp³-hybridized carbons (Fsp3) is 0.947. The summed E-state index contributed by atoms with van der Waals surface area (Å²) in [5.74, 6) is 0.279. The predicted octanol–water partition coefficient (Wildman–Crippen LogP) is 3.92. The molecule has 4 nitrogen and oxygen atoms in total. The molecule has 0 unspecified atom stereocenters. The van der Waals surface area contributed by atoms with Crippen molar-refractivity contribution in [2.45, 2.75) is 96.0 Å². The molecule has 2 fully saturated rings. The van der Waals surface area contributed by atoms with Crippen LogP contribution in [0.4, 0.5) is 0 Å². The highest BCUT2D eigenvalue weighted by atomic mass is 28.4. The van der Waals surface area contributed by atoms with E-state index in [1.165, 1.54) is 0 Å². The molecule has 2 rings (SSSR count).